The molecule has 1 aromatic carbocycles. The molecule has 2 saturated heterocycles. The first-order valence-electron chi connectivity index (χ1n) is 17.5. The molecule has 5 aliphatic rings. The number of fused-ring (bicyclic) bond motifs is 2. The average Bonchev–Trinajstić information content (AvgIpc) is 3.73. The molecule has 0 unspecified atom stereocenters. The second kappa shape index (κ2) is 14.5. The van der Waals surface area contributed by atoms with Gasteiger partial charge in [-0.3, -0.25) is 19.2 Å². The molecule has 5 bridgehead atoms. The maximum Gasteiger partial charge on any atom is 0.313 e. The fourth-order valence-electron chi connectivity index (χ4n) is 8.52. The first kappa shape index (κ1) is 34.3. The van der Waals surface area contributed by atoms with Crippen LogP contribution in [0.2, 0.25) is 0 Å². The third-order valence-corrected chi connectivity index (χ3v) is 10.9. The minimum Gasteiger partial charge on any atom is -0.455 e. The summed E-state index contributed by atoms with van der Waals surface area (Å²) < 4.78 is 18.4. The number of nitrogens with zero attached hydrogens (tertiary/aromatic N) is 2. The zero-order valence-electron chi connectivity index (χ0n) is 28.2. The number of amides is 3. The Morgan fingerprint density at radius 1 is 1.04 bits per heavy atom. The van der Waals surface area contributed by atoms with Crippen molar-refractivity contribution < 1.29 is 38.5 Å². The highest BCUT2D eigenvalue weighted by Gasteiger charge is 2.74. The van der Waals surface area contributed by atoms with Crippen molar-refractivity contribution >= 4 is 23.7 Å². The number of nitrogens with one attached hydrogen (secondary N) is 1. The highest BCUT2D eigenvalue weighted by molar-refractivity contribution is 5.99. The second-order valence-corrected chi connectivity index (χ2v) is 14.1. The van der Waals surface area contributed by atoms with E-state index in [4.69, 9.17) is 14.2 Å². The lowest BCUT2D eigenvalue weighted by Gasteiger charge is -2.42. The fourth-order valence-corrected chi connectivity index (χ4v) is 8.52. The van der Waals surface area contributed by atoms with Gasteiger partial charge in [-0.25, -0.2) is 0 Å². The van der Waals surface area contributed by atoms with E-state index < -0.39 is 59.6 Å². The Kier molecular flexibility index (Phi) is 10.4. The molecule has 3 amide bonds. The summed E-state index contributed by atoms with van der Waals surface area (Å²) in [6.07, 6.45) is 11.2. The van der Waals surface area contributed by atoms with E-state index in [0.717, 1.165) is 32.1 Å². The van der Waals surface area contributed by atoms with Gasteiger partial charge in [0.25, 0.3) is 0 Å². The van der Waals surface area contributed by atoms with Gasteiger partial charge < -0.3 is 34.4 Å². The van der Waals surface area contributed by atoms with Gasteiger partial charge in [-0.15, -0.1) is 0 Å². The number of aliphatic hydroxyl groups is 1. The Bertz CT molecular complexity index is 1410. The Morgan fingerprint density at radius 2 is 1.79 bits per heavy atom. The molecule has 1 aromatic rings. The van der Waals surface area contributed by atoms with Crippen LogP contribution < -0.4 is 5.32 Å². The van der Waals surface area contributed by atoms with Gasteiger partial charge in [0.15, 0.2) is 0 Å². The topological polar surface area (TPSA) is 135 Å². The minimum absolute atomic E-state index is 0.0231. The molecule has 4 heterocycles. The lowest BCUT2D eigenvalue weighted by Crippen LogP contribution is -2.61. The van der Waals surface area contributed by atoms with Crippen LogP contribution in [0.1, 0.15) is 70.5 Å². The van der Waals surface area contributed by atoms with E-state index in [2.05, 4.69) is 5.32 Å². The molecule has 0 radical (unpaired) electrons. The molecule has 8 atom stereocenters. The summed E-state index contributed by atoms with van der Waals surface area (Å²) in [5, 5.41) is 13.6. The van der Waals surface area contributed by atoms with E-state index in [-0.39, 0.29) is 43.4 Å². The largest absolute Gasteiger partial charge is 0.455 e. The summed E-state index contributed by atoms with van der Waals surface area (Å²) in [6, 6.07) is 6.70. The van der Waals surface area contributed by atoms with Crippen LogP contribution in [-0.4, -0.2) is 101 Å². The van der Waals surface area contributed by atoms with E-state index in [9.17, 15) is 19.5 Å². The maximum absolute atomic E-state index is 15.0. The van der Waals surface area contributed by atoms with Crippen molar-refractivity contribution in [1.82, 2.24) is 15.1 Å². The maximum atomic E-state index is 15.0. The van der Waals surface area contributed by atoms with Gasteiger partial charge in [-0.1, -0.05) is 87.7 Å². The van der Waals surface area contributed by atoms with Gasteiger partial charge in [0, 0.05) is 26.1 Å². The molecule has 0 aromatic heterocycles. The third-order valence-electron chi connectivity index (χ3n) is 10.9. The number of likely N-dealkylation sites (tertiary alicyclic amines) is 1. The van der Waals surface area contributed by atoms with Crippen LogP contribution in [0.4, 0.5) is 0 Å². The Labute approximate surface area is 282 Å². The van der Waals surface area contributed by atoms with Crippen LogP contribution in [0, 0.1) is 17.8 Å². The van der Waals surface area contributed by atoms with Crippen molar-refractivity contribution in [2.75, 3.05) is 26.9 Å². The van der Waals surface area contributed by atoms with E-state index >= 15 is 4.79 Å². The molecule has 1 spiro atoms. The molecule has 4 aliphatic heterocycles. The van der Waals surface area contributed by atoms with Crippen molar-refractivity contribution in [2.24, 2.45) is 17.8 Å². The number of ether oxygens (including phenoxy) is 3. The van der Waals surface area contributed by atoms with Gasteiger partial charge in [0.05, 0.1) is 37.3 Å². The zero-order valence-corrected chi connectivity index (χ0v) is 28.2. The number of esters is 1. The summed E-state index contributed by atoms with van der Waals surface area (Å²) in [7, 11) is 1.52. The van der Waals surface area contributed by atoms with Crippen molar-refractivity contribution in [2.45, 2.75) is 101 Å². The first-order valence-corrected chi connectivity index (χ1v) is 17.5. The predicted molar refractivity (Wildman–Crippen MR) is 176 cm³/mol. The number of methoxy groups -OCH3 is 1. The quantitative estimate of drug-likeness (QED) is 0.336. The van der Waals surface area contributed by atoms with E-state index in [1.54, 1.807) is 12.2 Å². The summed E-state index contributed by atoms with van der Waals surface area (Å²) in [5.41, 5.74) is -0.728. The van der Waals surface area contributed by atoms with Crippen LogP contribution in [0.25, 0.3) is 0 Å². The van der Waals surface area contributed by atoms with Crippen molar-refractivity contribution in [3.05, 3.63) is 60.2 Å². The summed E-state index contributed by atoms with van der Waals surface area (Å²) in [4.78, 5) is 60.7. The minimum atomic E-state index is -1.39. The van der Waals surface area contributed by atoms with Gasteiger partial charge in [0.2, 0.25) is 17.7 Å². The number of allylic oxidation sites excluding steroid dienone is 1. The van der Waals surface area contributed by atoms with Crippen LogP contribution >= 0.6 is 0 Å². The molecule has 6 rings (SSSR count). The Hall–Kier alpha value is -3.54. The molecule has 260 valence electrons. The molecular formula is C37H49N3O8. The third kappa shape index (κ3) is 6.20. The SMILES string of the molecule is COC[C@H]1NC(=O)CC/C=C\CN(C2CCCCC2)C(=O)[C@@H]2N([C@@H](CO)C(C)C)C(=O)[C@H]3[C@H](C(=O)O[C@@H]1c1ccccc1)[C@@H]1C=C[C@]23O1. The lowest BCUT2D eigenvalue weighted by atomic mass is 9.74. The predicted octanol–water partition coefficient (Wildman–Crippen LogP) is 3.08. The molecule has 11 nitrogen and oxygen atoms in total. The van der Waals surface area contributed by atoms with Crippen molar-refractivity contribution in [1.29, 1.82) is 0 Å². The highest BCUT2D eigenvalue weighted by atomic mass is 16.6. The molecule has 1 saturated carbocycles. The van der Waals surface area contributed by atoms with E-state index in [1.165, 1.54) is 12.0 Å². The number of cyclic esters (lactones) is 1. The summed E-state index contributed by atoms with van der Waals surface area (Å²) in [6.45, 7) is 3.89. The van der Waals surface area contributed by atoms with Gasteiger partial charge in [-0.2, -0.15) is 0 Å². The van der Waals surface area contributed by atoms with Crippen molar-refractivity contribution in [3.8, 4) is 0 Å². The zero-order chi connectivity index (χ0) is 34.0. The molecule has 3 fully saturated rings. The number of benzene rings is 1. The van der Waals surface area contributed by atoms with Crippen LogP contribution in [0.5, 0.6) is 0 Å². The number of aliphatic hydroxyl groups excluding tert-OH is 1. The number of hydrogen-bond donors (Lipinski definition) is 2. The molecule has 2 N–H and O–H groups in total. The van der Waals surface area contributed by atoms with E-state index in [0.29, 0.717) is 18.5 Å². The average molecular weight is 664 g/mol. The van der Waals surface area contributed by atoms with Crippen molar-refractivity contribution in [3.63, 3.8) is 0 Å². The highest BCUT2D eigenvalue weighted by Crippen LogP contribution is 2.56. The number of rotatable bonds is 7. The van der Waals surface area contributed by atoms with Gasteiger partial charge >= 0.3 is 5.97 Å². The van der Waals surface area contributed by atoms with Crippen LogP contribution in [-0.2, 0) is 33.4 Å². The molecular weight excluding hydrogens is 614 g/mol. The van der Waals surface area contributed by atoms with Gasteiger partial charge in [0.1, 0.15) is 23.7 Å². The number of carbonyl (C=O) groups excluding carboxylic acids is 4. The number of hydrogen-bond acceptors (Lipinski definition) is 8. The first-order chi connectivity index (χ1) is 23.2. The smallest absolute Gasteiger partial charge is 0.313 e. The molecule has 1 aliphatic carbocycles. The van der Waals surface area contributed by atoms with Crippen LogP contribution in [0.15, 0.2) is 54.6 Å². The Balaban J connectivity index is 1.46. The molecule has 48 heavy (non-hydrogen) atoms. The Morgan fingerprint density at radius 3 is 2.48 bits per heavy atom. The van der Waals surface area contributed by atoms with Gasteiger partial charge in [-0.05, 0) is 30.7 Å². The normalized spacial score (nSPS) is 34.4. The lowest BCUT2D eigenvalue weighted by molar-refractivity contribution is -0.163. The number of carbonyl (C=O) groups is 4. The standard InChI is InChI=1S/C37H49N3O8/c1-23(2)27(21-41)40-33-35(44)39(25-15-9-5-10-16-25)20-12-6-11-17-29(42)38-26(22-46-3)32(24-13-7-4-8-14-24)47-36(45)30-28-18-19-37(33,48-28)31(30)34(40)43/h4,6-8,12-14,18-19,23,25-28,30-33,41H,5,9-11,15-17,20-22H2,1-3H3,(H,38,42)/b12-6-/t26-,27+,28+,30-,31-,32-,33+,37-/m1/s1. The summed E-state index contributed by atoms with van der Waals surface area (Å²) >= 11 is 0. The fraction of sp³-hybridized carbons (Fsp3) is 0.622. The van der Waals surface area contributed by atoms with E-state index in [1.807, 2.05) is 61.2 Å². The summed E-state index contributed by atoms with van der Waals surface area (Å²) in [5.74, 6) is -3.73. The van der Waals surface area contributed by atoms with Crippen LogP contribution in [0.3, 0.4) is 0 Å². The second-order valence-electron chi connectivity index (χ2n) is 14.1. The monoisotopic (exact) mass is 663 g/mol. The molecule has 11 heteroatoms.